The minimum Gasteiger partial charge on any atom is -0.342 e. The maximum absolute atomic E-state index is 4.65. The molecule has 0 aliphatic heterocycles. The fourth-order valence-electron chi connectivity index (χ4n) is 2.68. The van der Waals surface area contributed by atoms with E-state index in [0.717, 1.165) is 35.4 Å². The van der Waals surface area contributed by atoms with E-state index in [1.54, 1.807) is 6.20 Å². The lowest BCUT2D eigenvalue weighted by atomic mass is 10.0. The summed E-state index contributed by atoms with van der Waals surface area (Å²) in [5, 5.41) is 12.0. The Balaban J connectivity index is 1.96. The second-order valence-electron chi connectivity index (χ2n) is 5.51. The van der Waals surface area contributed by atoms with Crippen molar-refractivity contribution in [1.82, 2.24) is 20.2 Å². The van der Waals surface area contributed by atoms with Gasteiger partial charge in [0.15, 0.2) is 0 Å². The Hall–Kier alpha value is -2.82. The number of benzene rings is 1. The van der Waals surface area contributed by atoms with E-state index in [2.05, 4.69) is 51.5 Å². The van der Waals surface area contributed by atoms with Crippen molar-refractivity contribution in [3.8, 4) is 0 Å². The number of aryl methyl sites for hydroxylation is 2. The third-order valence-corrected chi connectivity index (χ3v) is 3.93. The lowest BCUT2D eigenvalue weighted by Gasteiger charge is -2.19. The maximum Gasteiger partial charge on any atom is 0.243 e. The van der Waals surface area contributed by atoms with Crippen molar-refractivity contribution in [2.75, 3.05) is 5.32 Å². The van der Waals surface area contributed by atoms with Crippen LogP contribution in [0.1, 0.15) is 42.4 Å². The number of rotatable bonds is 6. The molecule has 24 heavy (non-hydrogen) atoms. The molecule has 2 heterocycles. The van der Waals surface area contributed by atoms with Crippen molar-refractivity contribution in [3.05, 3.63) is 77.4 Å². The van der Waals surface area contributed by atoms with Gasteiger partial charge in [0.2, 0.25) is 5.95 Å². The van der Waals surface area contributed by atoms with Gasteiger partial charge in [-0.05, 0) is 30.0 Å². The standard InChI is InChI=1S/C19H21N5/c1-3-16-17(4-2)23-24-19(21-16)22-18(14-9-6-5-7-10-14)15-11-8-12-20-13-15/h5-13,18H,3-4H2,1-2H3,(H,21,22,24). The van der Waals surface area contributed by atoms with Crippen LogP contribution in [0.15, 0.2) is 54.9 Å². The van der Waals surface area contributed by atoms with Crippen LogP contribution in [0.3, 0.4) is 0 Å². The number of hydrogen-bond donors (Lipinski definition) is 1. The predicted octanol–water partition coefficient (Wildman–Crippen LogP) is 3.59. The lowest BCUT2D eigenvalue weighted by Crippen LogP contribution is -2.16. The molecule has 2 aromatic heterocycles. The number of aromatic nitrogens is 4. The van der Waals surface area contributed by atoms with Gasteiger partial charge < -0.3 is 5.32 Å². The van der Waals surface area contributed by atoms with E-state index < -0.39 is 0 Å². The Morgan fingerprint density at radius 1 is 0.875 bits per heavy atom. The second kappa shape index (κ2) is 7.64. The normalized spacial score (nSPS) is 11.9. The monoisotopic (exact) mass is 319 g/mol. The molecule has 0 radical (unpaired) electrons. The van der Waals surface area contributed by atoms with Crippen LogP contribution in [0.4, 0.5) is 5.95 Å². The molecule has 0 amide bonds. The minimum atomic E-state index is -0.0705. The van der Waals surface area contributed by atoms with E-state index >= 15 is 0 Å². The highest BCUT2D eigenvalue weighted by Gasteiger charge is 2.16. The van der Waals surface area contributed by atoms with Gasteiger partial charge in [0.1, 0.15) is 0 Å². The van der Waals surface area contributed by atoms with Gasteiger partial charge in [0.25, 0.3) is 0 Å². The summed E-state index contributed by atoms with van der Waals surface area (Å²) >= 11 is 0. The maximum atomic E-state index is 4.65. The van der Waals surface area contributed by atoms with Crippen molar-refractivity contribution in [2.24, 2.45) is 0 Å². The molecule has 122 valence electrons. The van der Waals surface area contributed by atoms with Gasteiger partial charge in [0, 0.05) is 12.4 Å². The Morgan fingerprint density at radius 2 is 1.62 bits per heavy atom. The average molecular weight is 319 g/mol. The highest BCUT2D eigenvalue weighted by Crippen LogP contribution is 2.24. The van der Waals surface area contributed by atoms with Gasteiger partial charge in [-0.2, -0.15) is 5.10 Å². The Kier molecular flexibility index (Phi) is 5.11. The van der Waals surface area contributed by atoms with Gasteiger partial charge >= 0.3 is 0 Å². The average Bonchev–Trinajstić information content (AvgIpc) is 2.67. The van der Waals surface area contributed by atoms with Crippen LogP contribution in [0.5, 0.6) is 0 Å². The van der Waals surface area contributed by atoms with Crippen molar-refractivity contribution in [3.63, 3.8) is 0 Å². The summed E-state index contributed by atoms with van der Waals surface area (Å²) in [6.07, 6.45) is 5.32. The molecule has 1 unspecified atom stereocenters. The van der Waals surface area contributed by atoms with Crippen molar-refractivity contribution in [1.29, 1.82) is 0 Å². The quantitative estimate of drug-likeness (QED) is 0.752. The minimum absolute atomic E-state index is 0.0705. The van der Waals surface area contributed by atoms with Gasteiger partial charge in [0.05, 0.1) is 17.4 Å². The molecule has 0 bridgehead atoms. The molecule has 0 saturated heterocycles. The summed E-state index contributed by atoms with van der Waals surface area (Å²) in [6.45, 7) is 4.16. The molecule has 3 aromatic rings. The largest absolute Gasteiger partial charge is 0.342 e. The van der Waals surface area contributed by atoms with Gasteiger partial charge in [-0.25, -0.2) is 4.98 Å². The summed E-state index contributed by atoms with van der Waals surface area (Å²) < 4.78 is 0. The number of nitrogens with zero attached hydrogens (tertiary/aromatic N) is 4. The SMILES string of the molecule is CCc1nnc(NC(c2ccccc2)c2cccnc2)nc1CC. The highest BCUT2D eigenvalue weighted by atomic mass is 15.2. The van der Waals surface area contributed by atoms with Crippen molar-refractivity contribution >= 4 is 5.95 Å². The number of hydrogen-bond acceptors (Lipinski definition) is 5. The summed E-state index contributed by atoms with van der Waals surface area (Å²) in [5.74, 6) is 0.543. The van der Waals surface area contributed by atoms with E-state index in [0.29, 0.717) is 5.95 Å². The fourth-order valence-corrected chi connectivity index (χ4v) is 2.68. The van der Waals surface area contributed by atoms with E-state index in [1.807, 2.05) is 36.5 Å². The summed E-state index contributed by atoms with van der Waals surface area (Å²) in [6, 6.07) is 14.1. The Bertz CT molecular complexity index is 735. The van der Waals surface area contributed by atoms with E-state index in [-0.39, 0.29) is 6.04 Å². The number of nitrogens with one attached hydrogen (secondary N) is 1. The topological polar surface area (TPSA) is 63.6 Å². The number of anilines is 1. The molecule has 1 N–H and O–H groups in total. The first-order valence-electron chi connectivity index (χ1n) is 8.25. The van der Waals surface area contributed by atoms with Crippen LogP contribution in [-0.4, -0.2) is 20.2 Å². The Labute approximate surface area is 142 Å². The van der Waals surface area contributed by atoms with E-state index in [4.69, 9.17) is 0 Å². The zero-order valence-electron chi connectivity index (χ0n) is 14.0. The first-order valence-corrected chi connectivity index (χ1v) is 8.25. The fraction of sp³-hybridized carbons (Fsp3) is 0.263. The van der Waals surface area contributed by atoms with Crippen LogP contribution < -0.4 is 5.32 Å². The Morgan fingerprint density at radius 3 is 2.29 bits per heavy atom. The molecule has 0 spiro atoms. The molecule has 5 nitrogen and oxygen atoms in total. The molecular formula is C19H21N5. The first-order chi connectivity index (χ1) is 11.8. The van der Waals surface area contributed by atoms with Crippen molar-refractivity contribution in [2.45, 2.75) is 32.7 Å². The zero-order valence-corrected chi connectivity index (χ0v) is 14.0. The molecule has 1 atom stereocenters. The molecule has 1 aromatic carbocycles. The third kappa shape index (κ3) is 3.56. The molecule has 5 heteroatoms. The van der Waals surface area contributed by atoms with Crippen LogP contribution in [0.2, 0.25) is 0 Å². The first kappa shape index (κ1) is 16.1. The van der Waals surface area contributed by atoms with Crippen LogP contribution in [0.25, 0.3) is 0 Å². The second-order valence-corrected chi connectivity index (χ2v) is 5.51. The predicted molar refractivity (Wildman–Crippen MR) is 94.7 cm³/mol. The van der Waals surface area contributed by atoms with Crippen molar-refractivity contribution < 1.29 is 0 Å². The lowest BCUT2D eigenvalue weighted by molar-refractivity contribution is 0.801. The third-order valence-electron chi connectivity index (χ3n) is 3.93. The zero-order chi connectivity index (χ0) is 16.8. The van der Waals surface area contributed by atoms with Crippen LogP contribution in [-0.2, 0) is 12.8 Å². The molecule has 3 rings (SSSR count). The summed E-state index contributed by atoms with van der Waals surface area (Å²) in [5.41, 5.74) is 4.14. The van der Waals surface area contributed by atoms with E-state index in [9.17, 15) is 0 Å². The van der Waals surface area contributed by atoms with E-state index in [1.165, 1.54) is 0 Å². The summed E-state index contributed by atoms with van der Waals surface area (Å²) in [7, 11) is 0. The molecule has 0 fully saturated rings. The van der Waals surface area contributed by atoms with Gasteiger partial charge in [-0.15, -0.1) is 5.10 Å². The smallest absolute Gasteiger partial charge is 0.243 e. The number of pyridine rings is 1. The molecule has 0 saturated carbocycles. The molecule has 0 aliphatic rings. The molecule has 0 aliphatic carbocycles. The highest BCUT2D eigenvalue weighted by molar-refractivity contribution is 5.40. The summed E-state index contributed by atoms with van der Waals surface area (Å²) in [4.78, 5) is 8.89. The molecular weight excluding hydrogens is 298 g/mol. The van der Waals surface area contributed by atoms with Crippen LogP contribution in [0, 0.1) is 0 Å². The van der Waals surface area contributed by atoms with Gasteiger partial charge in [-0.3, -0.25) is 4.98 Å². The van der Waals surface area contributed by atoms with Gasteiger partial charge in [-0.1, -0.05) is 50.2 Å². The van der Waals surface area contributed by atoms with Crippen LogP contribution >= 0.6 is 0 Å².